The Labute approximate surface area is 133 Å². The highest BCUT2D eigenvalue weighted by atomic mass is 16.5. The SMILES string of the molecule is C#Cc1cc(C(=O)OCC)c2cnn(Cc3ccncc3)c2n1. The Kier molecular flexibility index (Phi) is 4.02. The summed E-state index contributed by atoms with van der Waals surface area (Å²) >= 11 is 0. The van der Waals surface area contributed by atoms with Crippen LogP contribution < -0.4 is 0 Å². The van der Waals surface area contributed by atoms with Crippen molar-refractivity contribution in [3.05, 3.63) is 53.6 Å². The lowest BCUT2D eigenvalue weighted by Gasteiger charge is -2.06. The molecular formula is C17H14N4O2. The van der Waals surface area contributed by atoms with Crippen LogP contribution in [0.1, 0.15) is 28.5 Å². The van der Waals surface area contributed by atoms with Crippen molar-refractivity contribution in [3.63, 3.8) is 0 Å². The molecule has 0 amide bonds. The van der Waals surface area contributed by atoms with Gasteiger partial charge in [-0.05, 0) is 30.7 Å². The van der Waals surface area contributed by atoms with Crippen LogP contribution in [-0.4, -0.2) is 32.3 Å². The van der Waals surface area contributed by atoms with Crippen molar-refractivity contribution < 1.29 is 9.53 Å². The summed E-state index contributed by atoms with van der Waals surface area (Å²) in [5, 5.41) is 4.95. The third kappa shape index (κ3) is 2.90. The highest BCUT2D eigenvalue weighted by molar-refractivity contribution is 6.02. The highest BCUT2D eigenvalue weighted by Crippen LogP contribution is 2.20. The van der Waals surface area contributed by atoms with E-state index < -0.39 is 5.97 Å². The van der Waals surface area contributed by atoms with E-state index in [9.17, 15) is 4.79 Å². The van der Waals surface area contributed by atoms with Gasteiger partial charge in [0.25, 0.3) is 0 Å². The van der Waals surface area contributed by atoms with Crippen LogP contribution in [0.25, 0.3) is 11.0 Å². The van der Waals surface area contributed by atoms with Crippen LogP contribution in [0.2, 0.25) is 0 Å². The number of nitrogens with zero attached hydrogens (tertiary/aromatic N) is 4. The minimum atomic E-state index is -0.431. The minimum Gasteiger partial charge on any atom is -0.462 e. The molecule has 0 atom stereocenters. The van der Waals surface area contributed by atoms with Gasteiger partial charge in [-0.15, -0.1) is 6.42 Å². The quantitative estimate of drug-likeness (QED) is 0.545. The van der Waals surface area contributed by atoms with Crippen molar-refractivity contribution in [2.75, 3.05) is 6.61 Å². The Bertz CT molecular complexity index is 894. The van der Waals surface area contributed by atoms with Gasteiger partial charge in [-0.2, -0.15) is 5.10 Å². The summed E-state index contributed by atoms with van der Waals surface area (Å²) in [6, 6.07) is 5.34. The number of pyridine rings is 2. The number of aromatic nitrogens is 4. The van der Waals surface area contributed by atoms with Gasteiger partial charge >= 0.3 is 5.97 Å². The lowest BCUT2D eigenvalue weighted by atomic mass is 10.1. The molecule has 3 rings (SSSR count). The number of terminal acetylenes is 1. The second kappa shape index (κ2) is 6.28. The number of ether oxygens (including phenoxy) is 1. The van der Waals surface area contributed by atoms with E-state index in [-0.39, 0.29) is 0 Å². The molecule has 0 aliphatic heterocycles. The molecule has 0 fully saturated rings. The number of hydrogen-bond acceptors (Lipinski definition) is 5. The van der Waals surface area contributed by atoms with Crippen molar-refractivity contribution in [1.82, 2.24) is 19.7 Å². The molecule has 0 bridgehead atoms. The predicted octanol–water partition coefficient (Wildman–Crippen LogP) is 2.03. The zero-order valence-electron chi connectivity index (χ0n) is 12.6. The van der Waals surface area contributed by atoms with Crippen LogP contribution in [0.3, 0.4) is 0 Å². The van der Waals surface area contributed by atoms with Gasteiger partial charge < -0.3 is 4.74 Å². The maximum atomic E-state index is 12.1. The van der Waals surface area contributed by atoms with E-state index in [0.717, 1.165) is 5.56 Å². The molecule has 0 N–H and O–H groups in total. The van der Waals surface area contributed by atoms with Gasteiger partial charge in [0.05, 0.1) is 30.3 Å². The fraction of sp³-hybridized carbons (Fsp3) is 0.176. The topological polar surface area (TPSA) is 69.9 Å². The first-order chi connectivity index (χ1) is 11.2. The average Bonchev–Trinajstić information content (AvgIpc) is 2.98. The summed E-state index contributed by atoms with van der Waals surface area (Å²) in [5.74, 6) is 2.04. The number of fused-ring (bicyclic) bond motifs is 1. The summed E-state index contributed by atoms with van der Waals surface area (Å²) in [6.07, 6.45) is 10.5. The van der Waals surface area contributed by atoms with Crippen LogP contribution >= 0.6 is 0 Å². The summed E-state index contributed by atoms with van der Waals surface area (Å²) < 4.78 is 6.79. The second-order valence-electron chi connectivity index (χ2n) is 4.81. The third-order valence-electron chi connectivity index (χ3n) is 3.33. The van der Waals surface area contributed by atoms with Crippen LogP contribution in [0.15, 0.2) is 36.8 Å². The number of hydrogen-bond donors (Lipinski definition) is 0. The fourth-order valence-corrected chi connectivity index (χ4v) is 2.28. The molecule has 0 radical (unpaired) electrons. The van der Waals surface area contributed by atoms with E-state index in [4.69, 9.17) is 11.2 Å². The van der Waals surface area contributed by atoms with Crippen molar-refractivity contribution in [3.8, 4) is 12.3 Å². The van der Waals surface area contributed by atoms with Crippen molar-refractivity contribution in [2.24, 2.45) is 0 Å². The number of carbonyl (C=O) groups excluding carboxylic acids is 1. The Hall–Kier alpha value is -3.20. The van der Waals surface area contributed by atoms with E-state index in [0.29, 0.717) is 35.4 Å². The predicted molar refractivity (Wildman–Crippen MR) is 84.8 cm³/mol. The Balaban J connectivity index is 2.10. The molecule has 6 heteroatoms. The molecule has 23 heavy (non-hydrogen) atoms. The van der Waals surface area contributed by atoms with Crippen LogP contribution in [0, 0.1) is 12.3 Å². The molecular weight excluding hydrogens is 292 g/mol. The maximum absolute atomic E-state index is 12.1. The van der Waals surface area contributed by atoms with E-state index in [1.807, 2.05) is 12.1 Å². The molecule has 3 heterocycles. The first-order valence-electron chi connectivity index (χ1n) is 7.12. The van der Waals surface area contributed by atoms with Crippen molar-refractivity contribution in [2.45, 2.75) is 13.5 Å². The molecule has 3 aromatic heterocycles. The monoisotopic (exact) mass is 306 g/mol. The number of esters is 1. The van der Waals surface area contributed by atoms with Gasteiger partial charge in [0.15, 0.2) is 5.65 Å². The van der Waals surface area contributed by atoms with Gasteiger partial charge in [-0.3, -0.25) is 4.98 Å². The summed E-state index contributed by atoms with van der Waals surface area (Å²) in [7, 11) is 0. The van der Waals surface area contributed by atoms with E-state index >= 15 is 0 Å². The number of rotatable bonds is 4. The van der Waals surface area contributed by atoms with Crippen LogP contribution in [-0.2, 0) is 11.3 Å². The van der Waals surface area contributed by atoms with E-state index in [1.54, 1.807) is 36.3 Å². The molecule has 6 nitrogen and oxygen atoms in total. The summed E-state index contributed by atoms with van der Waals surface area (Å²) in [4.78, 5) is 20.5. The van der Waals surface area contributed by atoms with Crippen molar-refractivity contribution in [1.29, 1.82) is 0 Å². The molecule has 0 aliphatic rings. The van der Waals surface area contributed by atoms with Gasteiger partial charge in [0.1, 0.15) is 5.69 Å². The number of carbonyl (C=O) groups is 1. The largest absolute Gasteiger partial charge is 0.462 e. The Morgan fingerprint density at radius 1 is 1.39 bits per heavy atom. The van der Waals surface area contributed by atoms with Gasteiger partial charge in [0.2, 0.25) is 0 Å². The molecule has 0 aromatic carbocycles. The minimum absolute atomic E-state index is 0.291. The van der Waals surface area contributed by atoms with E-state index in [1.165, 1.54) is 0 Å². The molecule has 0 saturated carbocycles. The van der Waals surface area contributed by atoms with Gasteiger partial charge in [0, 0.05) is 12.4 Å². The Morgan fingerprint density at radius 2 is 2.17 bits per heavy atom. The first kappa shape index (κ1) is 14.7. The standard InChI is InChI=1S/C17H14N4O2/c1-3-13-9-14(17(22)23-4-2)15-10-19-21(16(15)20-13)11-12-5-7-18-8-6-12/h1,5-10H,4,11H2,2H3. The van der Waals surface area contributed by atoms with Crippen LogP contribution in [0.5, 0.6) is 0 Å². The second-order valence-corrected chi connectivity index (χ2v) is 4.81. The highest BCUT2D eigenvalue weighted by Gasteiger charge is 2.17. The smallest absolute Gasteiger partial charge is 0.339 e. The molecule has 0 unspecified atom stereocenters. The van der Waals surface area contributed by atoms with Crippen molar-refractivity contribution >= 4 is 17.0 Å². The maximum Gasteiger partial charge on any atom is 0.339 e. The lowest BCUT2D eigenvalue weighted by Crippen LogP contribution is -2.08. The fourth-order valence-electron chi connectivity index (χ4n) is 2.28. The zero-order chi connectivity index (χ0) is 16.2. The molecule has 3 aromatic rings. The average molecular weight is 306 g/mol. The zero-order valence-corrected chi connectivity index (χ0v) is 12.6. The molecule has 0 aliphatic carbocycles. The van der Waals surface area contributed by atoms with E-state index in [2.05, 4.69) is 21.0 Å². The molecule has 0 saturated heterocycles. The lowest BCUT2D eigenvalue weighted by molar-refractivity contribution is 0.0528. The Morgan fingerprint density at radius 3 is 2.87 bits per heavy atom. The molecule has 0 spiro atoms. The summed E-state index contributed by atoms with van der Waals surface area (Å²) in [5.41, 5.74) is 2.33. The van der Waals surface area contributed by atoms with Crippen LogP contribution in [0.4, 0.5) is 0 Å². The van der Waals surface area contributed by atoms with Gasteiger partial charge in [-0.25, -0.2) is 14.5 Å². The molecule has 114 valence electrons. The van der Waals surface area contributed by atoms with Gasteiger partial charge in [-0.1, -0.05) is 5.92 Å². The summed E-state index contributed by atoms with van der Waals surface area (Å²) in [6.45, 7) is 2.56. The first-order valence-corrected chi connectivity index (χ1v) is 7.12. The third-order valence-corrected chi connectivity index (χ3v) is 3.33. The normalized spacial score (nSPS) is 10.4.